The van der Waals surface area contributed by atoms with Crippen LogP contribution in [0.2, 0.25) is 0 Å². The summed E-state index contributed by atoms with van der Waals surface area (Å²) in [5.74, 6) is 0. The molecule has 1 atom stereocenters. The normalized spacial score (nSPS) is 16.3. The molecular formula is C21H25NO. The van der Waals surface area contributed by atoms with Crippen LogP contribution in [0.15, 0.2) is 60.7 Å². The summed E-state index contributed by atoms with van der Waals surface area (Å²) < 4.78 is 0. The van der Waals surface area contributed by atoms with Gasteiger partial charge >= 0.3 is 0 Å². The highest BCUT2D eigenvalue weighted by atomic mass is 16.3. The van der Waals surface area contributed by atoms with Crippen molar-refractivity contribution >= 4 is 0 Å². The van der Waals surface area contributed by atoms with Gasteiger partial charge in [-0.25, -0.2) is 0 Å². The first-order chi connectivity index (χ1) is 11.2. The van der Waals surface area contributed by atoms with Crippen LogP contribution in [-0.4, -0.2) is 17.7 Å². The van der Waals surface area contributed by atoms with Crippen molar-refractivity contribution in [3.8, 4) is 11.1 Å². The van der Waals surface area contributed by atoms with Gasteiger partial charge in [0.1, 0.15) is 5.60 Å². The van der Waals surface area contributed by atoms with E-state index in [2.05, 4.69) is 48.7 Å². The Labute approximate surface area is 138 Å². The molecule has 1 aliphatic carbocycles. The fraction of sp³-hybridized carbons (Fsp3) is 0.333. The molecule has 0 radical (unpaired) electrons. The molecule has 1 unspecified atom stereocenters. The minimum atomic E-state index is -0.871. The zero-order valence-corrected chi connectivity index (χ0v) is 13.9. The van der Waals surface area contributed by atoms with Gasteiger partial charge in [0.2, 0.25) is 0 Å². The van der Waals surface area contributed by atoms with Gasteiger partial charge in [0.05, 0.1) is 0 Å². The molecule has 0 saturated carbocycles. The minimum absolute atomic E-state index is 0.371. The van der Waals surface area contributed by atoms with Gasteiger partial charge in [-0.2, -0.15) is 0 Å². The Hall–Kier alpha value is -1.90. The lowest BCUT2D eigenvalue weighted by Crippen LogP contribution is -2.31. The second-order valence-corrected chi connectivity index (χ2v) is 6.37. The van der Waals surface area contributed by atoms with Crippen molar-refractivity contribution in [1.29, 1.82) is 0 Å². The molecule has 0 bridgehead atoms. The number of nitrogens with one attached hydrogen (secondary N) is 1. The predicted molar refractivity (Wildman–Crippen MR) is 96.4 cm³/mol. The summed E-state index contributed by atoms with van der Waals surface area (Å²) in [5, 5.41) is 14.9. The minimum Gasteiger partial charge on any atom is -0.380 e. The van der Waals surface area contributed by atoms with Gasteiger partial charge < -0.3 is 10.4 Å². The van der Waals surface area contributed by atoms with Crippen LogP contribution in [-0.2, 0) is 5.60 Å². The second kappa shape index (κ2) is 6.69. The molecule has 0 aromatic heterocycles. The quantitative estimate of drug-likeness (QED) is 0.783. The van der Waals surface area contributed by atoms with Crippen molar-refractivity contribution in [3.05, 3.63) is 71.8 Å². The lowest BCUT2D eigenvalue weighted by atomic mass is 9.86. The van der Waals surface area contributed by atoms with E-state index in [1.807, 2.05) is 31.2 Å². The third-order valence-electron chi connectivity index (χ3n) is 4.79. The Morgan fingerprint density at radius 3 is 2.17 bits per heavy atom. The summed E-state index contributed by atoms with van der Waals surface area (Å²) in [6.07, 6.45) is 5.82. The van der Waals surface area contributed by atoms with Crippen molar-refractivity contribution in [2.24, 2.45) is 0 Å². The molecule has 3 rings (SSSR count). The molecule has 0 amide bonds. The molecule has 120 valence electrons. The number of aliphatic hydroxyl groups is 1. The van der Waals surface area contributed by atoms with Gasteiger partial charge in [-0.15, -0.1) is 0 Å². The van der Waals surface area contributed by atoms with E-state index in [0.717, 1.165) is 30.5 Å². The molecule has 1 aliphatic rings. The van der Waals surface area contributed by atoms with Crippen molar-refractivity contribution in [1.82, 2.24) is 5.32 Å². The maximum absolute atomic E-state index is 11.5. The third-order valence-corrected chi connectivity index (χ3v) is 4.79. The van der Waals surface area contributed by atoms with E-state index in [9.17, 15) is 5.11 Å². The van der Waals surface area contributed by atoms with Crippen LogP contribution in [0, 0.1) is 0 Å². The Morgan fingerprint density at radius 2 is 1.61 bits per heavy atom. The number of fused-ring (bicyclic) bond motifs is 3. The lowest BCUT2D eigenvalue weighted by molar-refractivity contribution is 0.0707. The van der Waals surface area contributed by atoms with Crippen LogP contribution in [0.25, 0.3) is 11.1 Å². The molecule has 0 aliphatic heterocycles. The van der Waals surface area contributed by atoms with E-state index in [0.29, 0.717) is 6.04 Å². The van der Waals surface area contributed by atoms with E-state index >= 15 is 0 Å². The zero-order chi connectivity index (χ0) is 16.3. The van der Waals surface area contributed by atoms with Gasteiger partial charge in [-0.1, -0.05) is 60.7 Å². The third kappa shape index (κ3) is 2.97. The van der Waals surface area contributed by atoms with Crippen LogP contribution in [0.3, 0.4) is 0 Å². The summed E-state index contributed by atoms with van der Waals surface area (Å²) in [7, 11) is 0. The maximum atomic E-state index is 11.5. The van der Waals surface area contributed by atoms with Gasteiger partial charge in [0, 0.05) is 12.6 Å². The average Bonchev–Trinajstić information content (AvgIpc) is 2.84. The van der Waals surface area contributed by atoms with Crippen LogP contribution in [0.4, 0.5) is 0 Å². The number of benzene rings is 2. The summed E-state index contributed by atoms with van der Waals surface area (Å²) in [5.41, 5.74) is 3.55. The molecule has 2 nitrogen and oxygen atoms in total. The van der Waals surface area contributed by atoms with E-state index < -0.39 is 5.60 Å². The smallest absolute Gasteiger partial charge is 0.116 e. The summed E-state index contributed by atoms with van der Waals surface area (Å²) in [4.78, 5) is 0. The molecule has 2 aromatic rings. The summed E-state index contributed by atoms with van der Waals surface area (Å²) >= 11 is 0. The average molecular weight is 307 g/mol. The molecule has 23 heavy (non-hydrogen) atoms. The second-order valence-electron chi connectivity index (χ2n) is 6.37. The fourth-order valence-electron chi connectivity index (χ4n) is 3.49. The van der Waals surface area contributed by atoms with E-state index in [4.69, 9.17) is 0 Å². The Balaban J connectivity index is 1.83. The highest BCUT2D eigenvalue weighted by Crippen LogP contribution is 2.49. The molecule has 0 heterocycles. The molecule has 0 spiro atoms. The van der Waals surface area contributed by atoms with Crippen LogP contribution < -0.4 is 5.32 Å². The summed E-state index contributed by atoms with van der Waals surface area (Å²) in [6, 6.07) is 16.8. The van der Waals surface area contributed by atoms with Gasteiger partial charge in [-0.3, -0.25) is 0 Å². The number of hydrogen-bond acceptors (Lipinski definition) is 2. The zero-order valence-electron chi connectivity index (χ0n) is 13.9. The lowest BCUT2D eigenvalue weighted by Gasteiger charge is -2.27. The molecule has 2 heteroatoms. The summed E-state index contributed by atoms with van der Waals surface area (Å²) in [6.45, 7) is 5.09. The number of allylic oxidation sites excluding steroid dienone is 1. The highest BCUT2D eigenvalue weighted by Gasteiger charge is 2.40. The molecular weight excluding hydrogens is 282 g/mol. The van der Waals surface area contributed by atoms with E-state index in [1.165, 1.54) is 11.1 Å². The maximum Gasteiger partial charge on any atom is 0.116 e. The molecule has 2 N–H and O–H groups in total. The van der Waals surface area contributed by atoms with Gasteiger partial charge in [0.15, 0.2) is 0 Å². The molecule has 2 aromatic carbocycles. The first-order valence-corrected chi connectivity index (χ1v) is 8.43. The SMILES string of the molecule is CC=CCNC(C)CCC1(O)c2ccccc2-c2ccccc21. The Bertz CT molecular complexity index is 659. The first kappa shape index (κ1) is 16.0. The van der Waals surface area contributed by atoms with E-state index in [-0.39, 0.29) is 0 Å². The van der Waals surface area contributed by atoms with Crippen LogP contribution in [0.5, 0.6) is 0 Å². The number of rotatable bonds is 6. The predicted octanol–water partition coefficient (Wildman–Crippen LogP) is 4.24. The van der Waals surface area contributed by atoms with Gasteiger partial charge in [-0.05, 0) is 48.9 Å². The Morgan fingerprint density at radius 1 is 1.04 bits per heavy atom. The van der Waals surface area contributed by atoms with Crippen molar-refractivity contribution in [2.45, 2.75) is 38.3 Å². The number of hydrogen-bond donors (Lipinski definition) is 2. The highest BCUT2D eigenvalue weighted by molar-refractivity contribution is 5.79. The topological polar surface area (TPSA) is 32.3 Å². The Kier molecular flexibility index (Phi) is 4.65. The first-order valence-electron chi connectivity index (χ1n) is 8.43. The monoisotopic (exact) mass is 307 g/mol. The van der Waals surface area contributed by atoms with Crippen molar-refractivity contribution in [2.75, 3.05) is 6.54 Å². The van der Waals surface area contributed by atoms with Crippen molar-refractivity contribution < 1.29 is 5.11 Å². The molecule has 0 saturated heterocycles. The van der Waals surface area contributed by atoms with Crippen LogP contribution in [0.1, 0.15) is 37.8 Å². The van der Waals surface area contributed by atoms with Gasteiger partial charge in [0.25, 0.3) is 0 Å². The van der Waals surface area contributed by atoms with E-state index in [1.54, 1.807) is 0 Å². The van der Waals surface area contributed by atoms with Crippen LogP contribution >= 0.6 is 0 Å². The fourth-order valence-corrected chi connectivity index (χ4v) is 3.49. The molecule has 0 fully saturated rings. The van der Waals surface area contributed by atoms with Crippen molar-refractivity contribution in [3.63, 3.8) is 0 Å². The standard InChI is InChI=1S/C21H25NO/c1-3-4-15-22-16(2)13-14-21(23)19-11-7-5-9-17(19)18-10-6-8-12-20(18)21/h3-12,16,22-23H,13-15H2,1-2H3. The largest absolute Gasteiger partial charge is 0.380 e.